The number of benzene rings is 3. The highest BCUT2D eigenvalue weighted by atomic mass is 35.5. The first-order chi connectivity index (χ1) is 13.5. The van der Waals surface area contributed by atoms with Gasteiger partial charge in [0.1, 0.15) is 23.9 Å². The molecule has 0 amide bonds. The normalized spacial score (nSPS) is 14.1. The molecule has 28 heavy (non-hydrogen) atoms. The number of ether oxygens (including phenoxy) is 2. The van der Waals surface area contributed by atoms with Crippen molar-refractivity contribution in [3.8, 4) is 11.5 Å². The third-order valence-corrected chi connectivity index (χ3v) is 4.94. The Labute approximate surface area is 170 Å². The van der Waals surface area contributed by atoms with Crippen LogP contribution in [0.15, 0.2) is 66.4 Å². The second-order valence-corrected chi connectivity index (χ2v) is 7.00. The molecular weight excluding hydrogens is 402 g/mol. The Morgan fingerprint density at radius 1 is 0.964 bits per heavy atom. The van der Waals surface area contributed by atoms with E-state index in [1.807, 2.05) is 6.07 Å². The van der Waals surface area contributed by atoms with Crippen LogP contribution in [-0.2, 0) is 6.61 Å². The Morgan fingerprint density at radius 2 is 1.75 bits per heavy atom. The van der Waals surface area contributed by atoms with Crippen molar-refractivity contribution in [2.24, 2.45) is 0 Å². The third-order valence-electron chi connectivity index (χ3n) is 4.20. The monoisotopic (exact) mass is 414 g/mol. The first-order valence-corrected chi connectivity index (χ1v) is 9.16. The quantitative estimate of drug-likeness (QED) is 0.468. The molecule has 0 spiro atoms. The number of carbonyl (C=O) groups is 1. The van der Waals surface area contributed by atoms with Crippen LogP contribution in [0.25, 0.3) is 6.08 Å². The van der Waals surface area contributed by atoms with E-state index in [9.17, 15) is 9.18 Å². The highest BCUT2D eigenvalue weighted by Gasteiger charge is 2.27. The summed E-state index contributed by atoms with van der Waals surface area (Å²) in [7, 11) is 0. The van der Waals surface area contributed by atoms with Gasteiger partial charge in [-0.05, 0) is 53.6 Å². The van der Waals surface area contributed by atoms with Gasteiger partial charge in [-0.15, -0.1) is 0 Å². The lowest BCUT2D eigenvalue weighted by molar-refractivity contribution is 0.101. The van der Waals surface area contributed by atoms with Gasteiger partial charge >= 0.3 is 0 Å². The highest BCUT2D eigenvalue weighted by molar-refractivity contribution is 6.42. The Morgan fingerprint density at radius 3 is 2.50 bits per heavy atom. The number of allylic oxidation sites excluding steroid dienone is 1. The van der Waals surface area contributed by atoms with Crippen molar-refractivity contribution in [1.29, 1.82) is 0 Å². The molecule has 1 heterocycles. The molecule has 1 aliphatic heterocycles. The average molecular weight is 415 g/mol. The van der Waals surface area contributed by atoms with Crippen LogP contribution in [0.1, 0.15) is 21.5 Å². The lowest BCUT2D eigenvalue weighted by Crippen LogP contribution is -1.98. The van der Waals surface area contributed by atoms with Crippen molar-refractivity contribution >= 4 is 35.1 Å². The van der Waals surface area contributed by atoms with Crippen LogP contribution in [-0.4, -0.2) is 5.78 Å². The molecule has 0 aliphatic carbocycles. The van der Waals surface area contributed by atoms with E-state index in [1.165, 1.54) is 12.1 Å². The summed E-state index contributed by atoms with van der Waals surface area (Å²) in [5.74, 6) is 0.595. The number of halogens is 3. The smallest absolute Gasteiger partial charge is 0.231 e. The number of rotatable bonds is 4. The summed E-state index contributed by atoms with van der Waals surface area (Å²) in [5, 5.41) is 0.941. The highest BCUT2D eigenvalue weighted by Crippen LogP contribution is 2.35. The van der Waals surface area contributed by atoms with Crippen LogP contribution < -0.4 is 9.47 Å². The molecule has 3 aromatic rings. The van der Waals surface area contributed by atoms with Gasteiger partial charge in [-0.3, -0.25) is 4.79 Å². The molecule has 3 nitrogen and oxygen atoms in total. The fourth-order valence-electron chi connectivity index (χ4n) is 2.76. The molecule has 4 rings (SSSR count). The number of hydrogen-bond donors (Lipinski definition) is 0. The lowest BCUT2D eigenvalue weighted by Gasteiger charge is -2.08. The number of Topliss-reactive ketones (excluding diaryl/α,β-unsaturated/α-hetero) is 1. The van der Waals surface area contributed by atoms with Crippen LogP contribution >= 0.6 is 23.2 Å². The van der Waals surface area contributed by atoms with Crippen LogP contribution in [0.2, 0.25) is 10.0 Å². The summed E-state index contributed by atoms with van der Waals surface area (Å²) in [6, 6.07) is 16.1. The predicted octanol–water partition coefficient (Wildman–Crippen LogP) is 6.33. The van der Waals surface area contributed by atoms with Crippen molar-refractivity contribution in [1.82, 2.24) is 0 Å². The molecule has 0 N–H and O–H groups in total. The van der Waals surface area contributed by atoms with Gasteiger partial charge in [-0.2, -0.15) is 0 Å². The van der Waals surface area contributed by atoms with E-state index >= 15 is 0 Å². The summed E-state index contributed by atoms with van der Waals surface area (Å²) >= 11 is 11.9. The molecule has 140 valence electrons. The molecular formula is C22H13Cl2FO3. The minimum atomic E-state index is -0.340. The summed E-state index contributed by atoms with van der Waals surface area (Å²) in [6.07, 6.45) is 1.58. The van der Waals surface area contributed by atoms with Gasteiger partial charge in [-0.1, -0.05) is 41.4 Å². The number of ketones is 1. The fraction of sp³-hybridized carbons (Fsp3) is 0.0455. The van der Waals surface area contributed by atoms with E-state index in [1.54, 1.807) is 48.5 Å². The van der Waals surface area contributed by atoms with E-state index in [2.05, 4.69) is 0 Å². The molecule has 0 aromatic heterocycles. The summed E-state index contributed by atoms with van der Waals surface area (Å²) in [4.78, 5) is 12.5. The Hall–Kier alpha value is -2.82. The maximum Gasteiger partial charge on any atom is 0.231 e. The van der Waals surface area contributed by atoms with Gasteiger partial charge < -0.3 is 9.47 Å². The van der Waals surface area contributed by atoms with E-state index < -0.39 is 0 Å². The van der Waals surface area contributed by atoms with Crippen LogP contribution in [0, 0.1) is 5.82 Å². The second-order valence-electron chi connectivity index (χ2n) is 6.19. The molecule has 0 saturated heterocycles. The molecule has 0 radical (unpaired) electrons. The molecule has 6 heteroatoms. The first kappa shape index (κ1) is 18.5. The average Bonchev–Trinajstić information content (AvgIpc) is 2.99. The summed E-state index contributed by atoms with van der Waals surface area (Å²) in [6.45, 7) is 0.294. The van der Waals surface area contributed by atoms with Gasteiger partial charge in [0.2, 0.25) is 5.78 Å². The zero-order chi connectivity index (χ0) is 19.7. The molecule has 0 fully saturated rings. The largest absolute Gasteiger partial charge is 0.489 e. The molecule has 1 aliphatic rings. The zero-order valence-electron chi connectivity index (χ0n) is 14.4. The van der Waals surface area contributed by atoms with Crippen molar-refractivity contribution < 1.29 is 18.7 Å². The van der Waals surface area contributed by atoms with Crippen molar-refractivity contribution in [2.75, 3.05) is 0 Å². The second kappa shape index (κ2) is 7.66. The summed E-state index contributed by atoms with van der Waals surface area (Å²) in [5.41, 5.74) is 1.99. The van der Waals surface area contributed by atoms with Gasteiger partial charge in [0.25, 0.3) is 0 Å². The predicted molar refractivity (Wildman–Crippen MR) is 107 cm³/mol. The Balaban J connectivity index is 1.50. The number of fused-ring (bicyclic) bond motifs is 1. The third kappa shape index (κ3) is 3.88. The van der Waals surface area contributed by atoms with Crippen molar-refractivity contribution in [3.05, 3.63) is 99.0 Å². The topological polar surface area (TPSA) is 35.5 Å². The van der Waals surface area contributed by atoms with Gasteiger partial charge in [-0.25, -0.2) is 4.39 Å². The molecule has 3 aromatic carbocycles. The minimum absolute atomic E-state index is 0.184. The maximum atomic E-state index is 13.0. The SMILES string of the molecule is O=C1/C(=C/c2ccc(F)cc2)Oc2cc(OCc3ccc(Cl)c(Cl)c3)ccc21. The minimum Gasteiger partial charge on any atom is -0.489 e. The maximum absolute atomic E-state index is 13.0. The fourth-order valence-corrected chi connectivity index (χ4v) is 3.08. The van der Waals surface area contributed by atoms with E-state index in [4.69, 9.17) is 32.7 Å². The first-order valence-electron chi connectivity index (χ1n) is 8.40. The molecule has 0 saturated carbocycles. The van der Waals surface area contributed by atoms with Gasteiger partial charge in [0.15, 0.2) is 5.76 Å². The van der Waals surface area contributed by atoms with E-state index in [0.717, 1.165) is 5.56 Å². The van der Waals surface area contributed by atoms with Crippen LogP contribution in [0.3, 0.4) is 0 Å². The molecule has 0 bridgehead atoms. The number of hydrogen-bond acceptors (Lipinski definition) is 3. The lowest BCUT2D eigenvalue weighted by atomic mass is 10.1. The van der Waals surface area contributed by atoms with Gasteiger partial charge in [0.05, 0.1) is 15.6 Å². The van der Waals surface area contributed by atoms with Crippen LogP contribution in [0.5, 0.6) is 11.5 Å². The standard InChI is InChI=1S/C22H13Cl2FO3/c23-18-8-3-14(9-19(18)24)12-27-16-6-7-17-20(11-16)28-21(22(17)26)10-13-1-4-15(25)5-2-13/h1-11H,12H2/b21-10-. The Kier molecular flexibility index (Phi) is 5.07. The van der Waals surface area contributed by atoms with E-state index in [0.29, 0.717) is 39.3 Å². The van der Waals surface area contributed by atoms with E-state index in [-0.39, 0.29) is 17.4 Å². The van der Waals surface area contributed by atoms with Gasteiger partial charge in [0, 0.05) is 6.07 Å². The van der Waals surface area contributed by atoms with Crippen molar-refractivity contribution in [3.63, 3.8) is 0 Å². The molecule has 0 atom stereocenters. The Bertz CT molecular complexity index is 1090. The number of carbonyl (C=O) groups excluding carboxylic acids is 1. The van der Waals surface area contributed by atoms with Crippen LogP contribution in [0.4, 0.5) is 4.39 Å². The zero-order valence-corrected chi connectivity index (χ0v) is 15.9. The van der Waals surface area contributed by atoms with Crippen molar-refractivity contribution in [2.45, 2.75) is 6.61 Å². The molecule has 0 unspecified atom stereocenters. The summed E-state index contributed by atoms with van der Waals surface area (Å²) < 4.78 is 24.5.